The summed E-state index contributed by atoms with van der Waals surface area (Å²) in [4.78, 5) is 15.5. The average Bonchev–Trinajstić information content (AvgIpc) is 2.69. The van der Waals surface area contributed by atoms with Crippen LogP contribution in [0.3, 0.4) is 0 Å². The average molecular weight is 257 g/mol. The standard InChI is InChI=1S/C11H19N3O2S/c1-16-6-4-2-3-5-13-10(15)7-9-8-17-11(12)14-9/h8H,2-7H2,1H3,(H2,12,14)(H,13,15). The van der Waals surface area contributed by atoms with Gasteiger partial charge in [0.25, 0.3) is 0 Å². The third kappa shape index (κ3) is 6.23. The number of carbonyl (C=O) groups is 1. The molecular formula is C11H19N3O2S. The van der Waals surface area contributed by atoms with Gasteiger partial charge in [-0.2, -0.15) is 0 Å². The number of nitrogens with two attached hydrogens (primary N) is 1. The number of nitrogens with one attached hydrogen (secondary N) is 1. The monoisotopic (exact) mass is 257 g/mol. The van der Waals surface area contributed by atoms with Gasteiger partial charge in [0.2, 0.25) is 5.91 Å². The van der Waals surface area contributed by atoms with E-state index in [0.29, 0.717) is 18.1 Å². The van der Waals surface area contributed by atoms with Crippen molar-refractivity contribution in [1.82, 2.24) is 10.3 Å². The van der Waals surface area contributed by atoms with Gasteiger partial charge in [0.1, 0.15) is 0 Å². The molecular weight excluding hydrogens is 238 g/mol. The lowest BCUT2D eigenvalue weighted by Gasteiger charge is -2.03. The number of ether oxygens (including phenoxy) is 1. The number of thiazole rings is 1. The van der Waals surface area contributed by atoms with Gasteiger partial charge >= 0.3 is 0 Å². The van der Waals surface area contributed by atoms with Gasteiger partial charge in [-0.1, -0.05) is 0 Å². The van der Waals surface area contributed by atoms with Crippen molar-refractivity contribution in [3.63, 3.8) is 0 Å². The van der Waals surface area contributed by atoms with Crippen molar-refractivity contribution >= 4 is 22.4 Å². The maximum Gasteiger partial charge on any atom is 0.226 e. The lowest BCUT2D eigenvalue weighted by atomic mass is 10.2. The van der Waals surface area contributed by atoms with Crippen LogP contribution < -0.4 is 11.1 Å². The zero-order chi connectivity index (χ0) is 12.5. The molecule has 0 spiro atoms. The molecule has 5 nitrogen and oxygen atoms in total. The Bertz CT molecular complexity index is 341. The number of anilines is 1. The zero-order valence-electron chi connectivity index (χ0n) is 10.1. The summed E-state index contributed by atoms with van der Waals surface area (Å²) in [7, 11) is 1.70. The van der Waals surface area contributed by atoms with E-state index in [1.165, 1.54) is 11.3 Å². The van der Waals surface area contributed by atoms with Gasteiger partial charge in [-0.25, -0.2) is 4.98 Å². The predicted octanol–water partition coefficient (Wildman–Crippen LogP) is 1.20. The van der Waals surface area contributed by atoms with Crippen LogP contribution >= 0.6 is 11.3 Å². The molecule has 0 radical (unpaired) electrons. The molecule has 0 aliphatic heterocycles. The summed E-state index contributed by atoms with van der Waals surface area (Å²) in [5.41, 5.74) is 6.23. The second kappa shape index (κ2) is 8.03. The Morgan fingerprint density at radius 3 is 3.00 bits per heavy atom. The molecule has 3 N–H and O–H groups in total. The summed E-state index contributed by atoms with van der Waals surface area (Å²) < 4.78 is 4.94. The van der Waals surface area contributed by atoms with Gasteiger partial charge in [0.15, 0.2) is 5.13 Å². The first kappa shape index (κ1) is 13.9. The van der Waals surface area contributed by atoms with Crippen molar-refractivity contribution in [1.29, 1.82) is 0 Å². The van der Waals surface area contributed by atoms with Crippen molar-refractivity contribution in [3.05, 3.63) is 11.1 Å². The molecule has 1 aromatic rings. The molecule has 0 fully saturated rings. The lowest BCUT2D eigenvalue weighted by Crippen LogP contribution is -2.26. The number of methoxy groups -OCH3 is 1. The molecule has 6 heteroatoms. The minimum atomic E-state index is 0.00189. The van der Waals surface area contributed by atoms with Gasteiger partial charge < -0.3 is 15.8 Å². The van der Waals surface area contributed by atoms with Crippen LogP contribution in [0.1, 0.15) is 25.0 Å². The van der Waals surface area contributed by atoms with Crippen molar-refractivity contribution in [2.24, 2.45) is 0 Å². The van der Waals surface area contributed by atoms with Gasteiger partial charge in [0, 0.05) is 25.6 Å². The molecule has 96 valence electrons. The maximum absolute atomic E-state index is 11.5. The highest BCUT2D eigenvalue weighted by Crippen LogP contribution is 2.11. The number of rotatable bonds is 8. The second-order valence-corrected chi connectivity index (χ2v) is 4.65. The summed E-state index contributed by atoms with van der Waals surface area (Å²) in [6.45, 7) is 1.49. The molecule has 0 saturated heterocycles. The largest absolute Gasteiger partial charge is 0.385 e. The number of unbranched alkanes of at least 4 members (excludes halogenated alkanes) is 2. The molecule has 0 bridgehead atoms. The van der Waals surface area contributed by atoms with Crippen LogP contribution in [-0.4, -0.2) is 31.2 Å². The topological polar surface area (TPSA) is 77.2 Å². The Morgan fingerprint density at radius 2 is 2.35 bits per heavy atom. The van der Waals surface area contributed by atoms with Crippen molar-refractivity contribution in [2.75, 3.05) is 26.0 Å². The highest BCUT2D eigenvalue weighted by Gasteiger charge is 2.05. The van der Waals surface area contributed by atoms with Crippen LogP contribution in [0.2, 0.25) is 0 Å². The number of carbonyl (C=O) groups excluding carboxylic acids is 1. The molecule has 0 aromatic carbocycles. The molecule has 17 heavy (non-hydrogen) atoms. The molecule has 0 aliphatic rings. The molecule has 0 saturated carbocycles. The van der Waals surface area contributed by atoms with E-state index >= 15 is 0 Å². The SMILES string of the molecule is COCCCCCNC(=O)Cc1csc(N)n1. The number of amides is 1. The fraction of sp³-hybridized carbons (Fsp3) is 0.636. The fourth-order valence-electron chi connectivity index (χ4n) is 1.41. The molecule has 1 rings (SSSR count). The van der Waals surface area contributed by atoms with Gasteiger partial charge in [-0.05, 0) is 19.3 Å². The molecule has 1 amide bonds. The minimum Gasteiger partial charge on any atom is -0.385 e. The maximum atomic E-state index is 11.5. The van der Waals surface area contributed by atoms with Crippen LogP contribution in [0.4, 0.5) is 5.13 Å². The van der Waals surface area contributed by atoms with E-state index in [1.807, 2.05) is 5.38 Å². The highest BCUT2D eigenvalue weighted by atomic mass is 32.1. The Balaban J connectivity index is 2.05. The van der Waals surface area contributed by atoms with Crippen LogP contribution in [0.5, 0.6) is 0 Å². The van der Waals surface area contributed by atoms with Crippen molar-refractivity contribution in [2.45, 2.75) is 25.7 Å². The van der Waals surface area contributed by atoms with Crippen molar-refractivity contribution < 1.29 is 9.53 Å². The third-order valence-electron chi connectivity index (χ3n) is 2.26. The predicted molar refractivity (Wildman–Crippen MR) is 69.0 cm³/mol. The van der Waals surface area contributed by atoms with Crippen LogP contribution in [-0.2, 0) is 16.0 Å². The van der Waals surface area contributed by atoms with Gasteiger partial charge in [0.05, 0.1) is 12.1 Å². The first-order chi connectivity index (χ1) is 8.22. The van der Waals surface area contributed by atoms with E-state index in [9.17, 15) is 4.79 Å². The molecule has 1 heterocycles. The van der Waals surface area contributed by atoms with Gasteiger partial charge in [-0.15, -0.1) is 11.3 Å². The summed E-state index contributed by atoms with van der Waals surface area (Å²) in [6.07, 6.45) is 3.40. The molecule has 1 aromatic heterocycles. The minimum absolute atomic E-state index is 0.00189. The molecule has 0 unspecified atom stereocenters. The third-order valence-corrected chi connectivity index (χ3v) is 2.98. The fourth-order valence-corrected chi connectivity index (χ4v) is 1.97. The Hall–Kier alpha value is -1.14. The first-order valence-corrected chi connectivity index (χ1v) is 6.56. The summed E-state index contributed by atoms with van der Waals surface area (Å²) in [5, 5.41) is 5.18. The Kier molecular flexibility index (Phi) is 6.57. The van der Waals surface area contributed by atoms with E-state index in [0.717, 1.165) is 31.6 Å². The summed E-state index contributed by atoms with van der Waals surface area (Å²) >= 11 is 1.36. The quantitative estimate of drug-likeness (QED) is 0.686. The van der Waals surface area contributed by atoms with Crippen molar-refractivity contribution in [3.8, 4) is 0 Å². The van der Waals surface area contributed by atoms with E-state index in [-0.39, 0.29) is 5.91 Å². The zero-order valence-corrected chi connectivity index (χ0v) is 10.9. The summed E-state index contributed by atoms with van der Waals surface area (Å²) in [6, 6.07) is 0. The highest BCUT2D eigenvalue weighted by molar-refractivity contribution is 7.13. The Labute approximate surface area is 105 Å². The number of hydrogen-bond donors (Lipinski definition) is 2. The first-order valence-electron chi connectivity index (χ1n) is 5.68. The van der Waals surface area contributed by atoms with E-state index in [2.05, 4.69) is 10.3 Å². The number of aromatic nitrogens is 1. The number of nitrogen functional groups attached to an aromatic ring is 1. The number of nitrogens with zero attached hydrogens (tertiary/aromatic N) is 1. The Morgan fingerprint density at radius 1 is 1.53 bits per heavy atom. The van der Waals surface area contributed by atoms with E-state index in [1.54, 1.807) is 7.11 Å². The smallest absolute Gasteiger partial charge is 0.226 e. The van der Waals surface area contributed by atoms with Gasteiger partial charge in [-0.3, -0.25) is 4.79 Å². The van der Waals surface area contributed by atoms with Crippen LogP contribution in [0.25, 0.3) is 0 Å². The van der Waals surface area contributed by atoms with Crippen LogP contribution in [0, 0.1) is 0 Å². The van der Waals surface area contributed by atoms with Crippen LogP contribution in [0.15, 0.2) is 5.38 Å². The second-order valence-electron chi connectivity index (χ2n) is 3.76. The lowest BCUT2D eigenvalue weighted by molar-refractivity contribution is -0.120. The number of hydrogen-bond acceptors (Lipinski definition) is 5. The normalized spacial score (nSPS) is 10.4. The molecule has 0 atom stereocenters. The molecule has 0 aliphatic carbocycles. The van der Waals surface area contributed by atoms with E-state index < -0.39 is 0 Å². The summed E-state index contributed by atoms with van der Waals surface area (Å²) in [5.74, 6) is 0.00189. The van der Waals surface area contributed by atoms with E-state index in [4.69, 9.17) is 10.5 Å².